The highest BCUT2D eigenvalue weighted by atomic mass is 32.1. The standard InChI is InChI=1S/C23H32OS/c1-18-6-8-19(9-7-18)16-22(2,3)14-15-24-21-12-10-20(11-13-21)17-23(4,5)25/h6-13,25H,14-17H2,1-5H3. The molecule has 1 nitrogen and oxygen atoms in total. The minimum absolute atomic E-state index is 0.0162. The lowest BCUT2D eigenvalue weighted by Crippen LogP contribution is -2.18. The average Bonchev–Trinajstić information content (AvgIpc) is 2.49. The van der Waals surface area contributed by atoms with Crippen LogP contribution in [-0.4, -0.2) is 11.4 Å². The number of hydrogen-bond donors (Lipinski definition) is 1. The molecule has 0 heterocycles. The van der Waals surface area contributed by atoms with E-state index in [-0.39, 0.29) is 10.2 Å². The molecule has 0 aliphatic carbocycles. The van der Waals surface area contributed by atoms with Crippen molar-refractivity contribution in [3.05, 3.63) is 65.2 Å². The Balaban J connectivity index is 1.81. The number of ether oxygens (including phenoxy) is 1. The third kappa shape index (κ3) is 7.56. The largest absolute Gasteiger partial charge is 0.494 e. The van der Waals surface area contributed by atoms with E-state index >= 15 is 0 Å². The number of benzene rings is 2. The van der Waals surface area contributed by atoms with Crippen LogP contribution >= 0.6 is 12.6 Å². The molecule has 0 saturated heterocycles. The molecule has 0 N–H and O–H groups in total. The van der Waals surface area contributed by atoms with Crippen molar-refractivity contribution in [2.24, 2.45) is 5.41 Å². The second-order valence-electron chi connectivity index (χ2n) is 8.56. The number of rotatable bonds is 8. The quantitative estimate of drug-likeness (QED) is 0.547. The van der Waals surface area contributed by atoms with Crippen molar-refractivity contribution in [3.63, 3.8) is 0 Å². The first-order chi connectivity index (χ1) is 11.6. The molecular weight excluding hydrogens is 324 g/mol. The van der Waals surface area contributed by atoms with Crippen LogP contribution in [0.1, 0.15) is 50.8 Å². The monoisotopic (exact) mass is 356 g/mol. The van der Waals surface area contributed by atoms with Crippen LogP contribution in [0.3, 0.4) is 0 Å². The van der Waals surface area contributed by atoms with Crippen LogP contribution in [0.25, 0.3) is 0 Å². The highest BCUT2D eigenvalue weighted by Gasteiger charge is 2.18. The van der Waals surface area contributed by atoms with E-state index in [1.165, 1.54) is 16.7 Å². The summed E-state index contributed by atoms with van der Waals surface area (Å²) in [6.45, 7) is 11.8. The van der Waals surface area contributed by atoms with Crippen molar-refractivity contribution < 1.29 is 4.74 Å². The van der Waals surface area contributed by atoms with Crippen molar-refractivity contribution in [2.45, 2.75) is 58.6 Å². The Bertz CT molecular complexity index is 648. The zero-order chi connectivity index (χ0) is 18.5. The van der Waals surface area contributed by atoms with Gasteiger partial charge in [0.25, 0.3) is 0 Å². The zero-order valence-electron chi connectivity index (χ0n) is 16.3. The maximum Gasteiger partial charge on any atom is 0.119 e. The van der Waals surface area contributed by atoms with E-state index in [0.717, 1.165) is 31.6 Å². The minimum Gasteiger partial charge on any atom is -0.494 e. The molecule has 0 amide bonds. The normalized spacial score (nSPS) is 12.2. The van der Waals surface area contributed by atoms with Gasteiger partial charge in [0.15, 0.2) is 0 Å². The first-order valence-corrected chi connectivity index (χ1v) is 9.57. The van der Waals surface area contributed by atoms with Crippen molar-refractivity contribution >= 4 is 12.6 Å². The molecule has 2 aromatic rings. The fourth-order valence-corrected chi connectivity index (χ4v) is 3.18. The van der Waals surface area contributed by atoms with Gasteiger partial charge in [0.1, 0.15) is 5.75 Å². The molecule has 2 rings (SSSR count). The summed E-state index contributed by atoms with van der Waals surface area (Å²) in [5.41, 5.74) is 4.24. The zero-order valence-corrected chi connectivity index (χ0v) is 17.2. The van der Waals surface area contributed by atoms with Crippen LogP contribution in [0, 0.1) is 12.3 Å². The smallest absolute Gasteiger partial charge is 0.119 e. The maximum absolute atomic E-state index is 5.96. The van der Waals surface area contributed by atoms with Crippen molar-refractivity contribution in [2.75, 3.05) is 6.61 Å². The molecule has 2 aromatic carbocycles. The Morgan fingerprint density at radius 2 is 1.32 bits per heavy atom. The average molecular weight is 357 g/mol. The van der Waals surface area contributed by atoms with E-state index in [2.05, 4.69) is 95.8 Å². The van der Waals surface area contributed by atoms with Gasteiger partial charge in [-0.15, -0.1) is 0 Å². The third-order valence-electron chi connectivity index (χ3n) is 4.41. The Kier molecular flexibility index (Phi) is 6.62. The molecule has 0 aliphatic rings. The second-order valence-corrected chi connectivity index (χ2v) is 9.77. The molecule has 0 aliphatic heterocycles. The molecule has 0 unspecified atom stereocenters. The summed E-state index contributed by atoms with van der Waals surface area (Å²) in [6.07, 6.45) is 3.07. The SMILES string of the molecule is Cc1ccc(CC(C)(C)CCOc2ccc(CC(C)(C)S)cc2)cc1. The number of hydrogen-bond acceptors (Lipinski definition) is 2. The topological polar surface area (TPSA) is 9.23 Å². The summed E-state index contributed by atoms with van der Waals surface area (Å²) >= 11 is 4.60. The van der Waals surface area contributed by atoms with Crippen LogP contribution in [0.2, 0.25) is 0 Å². The van der Waals surface area contributed by atoms with Crippen LogP contribution in [0.4, 0.5) is 0 Å². The summed E-state index contributed by atoms with van der Waals surface area (Å²) in [5.74, 6) is 0.951. The molecule has 0 radical (unpaired) electrons. The number of thiol groups is 1. The molecule has 0 atom stereocenters. The van der Waals surface area contributed by atoms with Gasteiger partial charge in [0, 0.05) is 4.75 Å². The molecular formula is C23H32OS. The van der Waals surface area contributed by atoms with Gasteiger partial charge in [0.05, 0.1) is 6.61 Å². The van der Waals surface area contributed by atoms with E-state index in [1.54, 1.807) is 0 Å². The van der Waals surface area contributed by atoms with Gasteiger partial charge in [-0.3, -0.25) is 0 Å². The van der Waals surface area contributed by atoms with Gasteiger partial charge in [-0.25, -0.2) is 0 Å². The fraction of sp³-hybridized carbons (Fsp3) is 0.478. The molecule has 0 bridgehead atoms. The maximum atomic E-state index is 5.96. The summed E-state index contributed by atoms with van der Waals surface area (Å²) in [5, 5.41) is 0. The van der Waals surface area contributed by atoms with Crippen LogP contribution in [0.15, 0.2) is 48.5 Å². The predicted octanol–water partition coefficient (Wildman–Crippen LogP) is 6.28. The Labute approximate surface area is 159 Å². The first-order valence-electron chi connectivity index (χ1n) is 9.13. The molecule has 0 saturated carbocycles. The third-order valence-corrected chi connectivity index (χ3v) is 4.57. The van der Waals surface area contributed by atoms with Crippen molar-refractivity contribution in [1.29, 1.82) is 0 Å². The van der Waals surface area contributed by atoms with Crippen molar-refractivity contribution in [3.8, 4) is 5.75 Å². The Morgan fingerprint density at radius 1 is 0.800 bits per heavy atom. The van der Waals surface area contributed by atoms with Crippen LogP contribution in [-0.2, 0) is 12.8 Å². The van der Waals surface area contributed by atoms with Gasteiger partial charge >= 0.3 is 0 Å². The van der Waals surface area contributed by atoms with Gasteiger partial charge in [-0.1, -0.05) is 69.7 Å². The van der Waals surface area contributed by atoms with Gasteiger partial charge in [0.2, 0.25) is 0 Å². The molecule has 0 fully saturated rings. The van der Waals surface area contributed by atoms with E-state index in [9.17, 15) is 0 Å². The summed E-state index contributed by atoms with van der Waals surface area (Å²) in [6, 6.07) is 17.3. The lowest BCUT2D eigenvalue weighted by atomic mass is 9.83. The minimum atomic E-state index is 0.0162. The van der Waals surface area contributed by atoms with E-state index < -0.39 is 0 Å². The highest BCUT2D eigenvalue weighted by molar-refractivity contribution is 7.81. The van der Waals surface area contributed by atoms with Crippen LogP contribution in [0.5, 0.6) is 5.75 Å². The lowest BCUT2D eigenvalue weighted by Gasteiger charge is -2.25. The van der Waals surface area contributed by atoms with Gasteiger partial charge < -0.3 is 4.74 Å². The van der Waals surface area contributed by atoms with E-state index in [1.807, 2.05) is 0 Å². The lowest BCUT2D eigenvalue weighted by molar-refractivity contribution is 0.227. The number of aryl methyl sites for hydroxylation is 1. The Hall–Kier alpha value is -1.41. The first kappa shape index (κ1) is 19.9. The van der Waals surface area contributed by atoms with E-state index in [4.69, 9.17) is 4.74 Å². The fourth-order valence-electron chi connectivity index (χ4n) is 3.00. The van der Waals surface area contributed by atoms with Crippen molar-refractivity contribution in [1.82, 2.24) is 0 Å². The summed E-state index contributed by atoms with van der Waals surface area (Å²) in [4.78, 5) is 0. The van der Waals surface area contributed by atoms with Crippen LogP contribution < -0.4 is 4.74 Å². The summed E-state index contributed by atoms with van der Waals surface area (Å²) < 4.78 is 5.98. The predicted molar refractivity (Wildman–Crippen MR) is 112 cm³/mol. The van der Waals surface area contributed by atoms with Gasteiger partial charge in [-0.05, 0) is 54.9 Å². The molecule has 25 heavy (non-hydrogen) atoms. The molecule has 0 aromatic heterocycles. The van der Waals surface area contributed by atoms with Gasteiger partial charge in [-0.2, -0.15) is 12.6 Å². The molecule has 136 valence electrons. The van der Waals surface area contributed by atoms with E-state index in [0.29, 0.717) is 0 Å². The Morgan fingerprint density at radius 3 is 1.88 bits per heavy atom. The molecule has 2 heteroatoms. The second kappa shape index (κ2) is 8.31. The molecule has 0 spiro atoms. The highest BCUT2D eigenvalue weighted by Crippen LogP contribution is 2.27. The summed E-state index contributed by atoms with van der Waals surface area (Å²) in [7, 11) is 0.